The van der Waals surface area contributed by atoms with Crippen molar-refractivity contribution in [1.82, 2.24) is 4.90 Å². The first-order chi connectivity index (χ1) is 13.8. The topological polar surface area (TPSA) is 97.0 Å². The maximum Gasteiger partial charge on any atom is 0.337 e. The molecular weight excluding hydrogens is 374 g/mol. The third kappa shape index (κ3) is 6.62. The molecule has 0 aliphatic heterocycles. The summed E-state index contributed by atoms with van der Waals surface area (Å²) in [5.74, 6) is -0.392. The van der Waals surface area contributed by atoms with Crippen molar-refractivity contribution in [2.45, 2.75) is 6.92 Å². The molecule has 8 heteroatoms. The molecule has 0 bridgehead atoms. The van der Waals surface area contributed by atoms with E-state index in [0.29, 0.717) is 22.7 Å². The molecule has 2 aromatic rings. The highest BCUT2D eigenvalue weighted by molar-refractivity contribution is 5.97. The lowest BCUT2D eigenvalue weighted by molar-refractivity contribution is -0.119. The van der Waals surface area contributed by atoms with E-state index in [2.05, 4.69) is 10.6 Å². The number of esters is 1. The maximum absolute atomic E-state index is 12.3. The number of carbonyl (C=O) groups excluding carboxylic acids is 3. The van der Waals surface area contributed by atoms with Crippen LogP contribution in [0.25, 0.3) is 0 Å². The summed E-state index contributed by atoms with van der Waals surface area (Å²) in [6, 6.07) is 11.9. The van der Waals surface area contributed by atoms with Gasteiger partial charge < -0.3 is 20.1 Å². The molecule has 154 valence electrons. The van der Waals surface area contributed by atoms with Gasteiger partial charge in [-0.15, -0.1) is 0 Å². The summed E-state index contributed by atoms with van der Waals surface area (Å²) >= 11 is 0. The van der Waals surface area contributed by atoms with E-state index in [1.165, 1.54) is 7.11 Å². The van der Waals surface area contributed by atoms with Gasteiger partial charge in [0.15, 0.2) is 0 Å². The zero-order chi connectivity index (χ0) is 21.4. The van der Waals surface area contributed by atoms with Crippen LogP contribution in [0.4, 0.5) is 11.4 Å². The standard InChI is InChI=1S/C21H25N3O5/c1-14-8-9-15(21(27)29-4)10-18(14)23-20(26)13-24(2)12-19(25)22-16-6-5-7-17(11-16)28-3/h5-11H,12-13H2,1-4H3,(H,22,25)(H,23,26). The van der Waals surface area contributed by atoms with Crippen LogP contribution in [0.3, 0.4) is 0 Å². The van der Waals surface area contributed by atoms with Crippen molar-refractivity contribution in [1.29, 1.82) is 0 Å². The number of hydrogen-bond acceptors (Lipinski definition) is 6. The van der Waals surface area contributed by atoms with E-state index >= 15 is 0 Å². The Labute approximate surface area is 169 Å². The summed E-state index contributed by atoms with van der Waals surface area (Å²) in [6.45, 7) is 1.86. The molecule has 29 heavy (non-hydrogen) atoms. The lowest BCUT2D eigenvalue weighted by Crippen LogP contribution is -2.36. The van der Waals surface area contributed by atoms with E-state index in [4.69, 9.17) is 9.47 Å². The summed E-state index contributed by atoms with van der Waals surface area (Å²) in [6.07, 6.45) is 0. The third-order valence-corrected chi connectivity index (χ3v) is 4.11. The number of nitrogens with one attached hydrogen (secondary N) is 2. The smallest absolute Gasteiger partial charge is 0.337 e. The number of amides is 2. The van der Waals surface area contributed by atoms with Crippen molar-refractivity contribution in [2.24, 2.45) is 0 Å². The molecule has 0 aromatic heterocycles. The lowest BCUT2D eigenvalue weighted by Gasteiger charge is -2.17. The van der Waals surface area contributed by atoms with Gasteiger partial charge >= 0.3 is 5.97 Å². The quantitative estimate of drug-likeness (QED) is 0.661. The van der Waals surface area contributed by atoms with E-state index in [9.17, 15) is 14.4 Å². The van der Waals surface area contributed by atoms with Gasteiger partial charge in [-0.1, -0.05) is 12.1 Å². The van der Waals surface area contributed by atoms with Crippen molar-refractivity contribution >= 4 is 29.2 Å². The minimum Gasteiger partial charge on any atom is -0.497 e. The molecule has 2 rings (SSSR count). The monoisotopic (exact) mass is 399 g/mol. The number of nitrogens with zero attached hydrogens (tertiary/aromatic N) is 1. The zero-order valence-corrected chi connectivity index (χ0v) is 16.9. The summed E-state index contributed by atoms with van der Waals surface area (Å²) in [5, 5.41) is 5.52. The molecule has 0 heterocycles. The number of carbonyl (C=O) groups is 3. The van der Waals surface area contributed by atoms with Crippen molar-refractivity contribution < 1.29 is 23.9 Å². The van der Waals surface area contributed by atoms with Gasteiger partial charge in [-0.3, -0.25) is 14.5 Å². The Morgan fingerprint density at radius 3 is 2.31 bits per heavy atom. The molecule has 0 aliphatic carbocycles. The third-order valence-electron chi connectivity index (χ3n) is 4.11. The van der Waals surface area contributed by atoms with Gasteiger partial charge in [-0.2, -0.15) is 0 Å². The first-order valence-corrected chi connectivity index (χ1v) is 8.93. The number of methoxy groups -OCH3 is 2. The molecule has 0 spiro atoms. The van der Waals surface area contributed by atoms with Crippen LogP contribution in [0, 0.1) is 6.92 Å². The summed E-state index contributed by atoms with van der Waals surface area (Å²) < 4.78 is 9.82. The van der Waals surface area contributed by atoms with Crippen LogP contribution in [-0.2, 0) is 14.3 Å². The first kappa shape index (κ1) is 21.9. The number of anilines is 2. The predicted octanol–water partition coefficient (Wildman–Crippen LogP) is 2.30. The van der Waals surface area contributed by atoms with Crippen molar-refractivity contribution in [3.63, 3.8) is 0 Å². The molecular formula is C21H25N3O5. The SMILES string of the molecule is COC(=O)c1ccc(C)c(NC(=O)CN(C)CC(=O)Nc2cccc(OC)c2)c1. The number of likely N-dealkylation sites (N-methyl/N-ethyl adjacent to an activating group) is 1. The maximum atomic E-state index is 12.3. The van der Waals surface area contributed by atoms with Gasteiger partial charge in [0, 0.05) is 17.4 Å². The molecule has 8 nitrogen and oxygen atoms in total. The first-order valence-electron chi connectivity index (χ1n) is 8.93. The largest absolute Gasteiger partial charge is 0.497 e. The summed E-state index contributed by atoms with van der Waals surface area (Å²) in [5.41, 5.74) is 2.29. The van der Waals surface area contributed by atoms with E-state index in [1.54, 1.807) is 61.5 Å². The number of benzene rings is 2. The van der Waals surface area contributed by atoms with E-state index in [0.717, 1.165) is 5.56 Å². The second-order valence-corrected chi connectivity index (χ2v) is 6.52. The second kappa shape index (κ2) is 10.2. The Kier molecular flexibility index (Phi) is 7.73. The molecule has 0 saturated carbocycles. The van der Waals surface area contributed by atoms with Gasteiger partial charge in [-0.05, 0) is 43.8 Å². The van der Waals surface area contributed by atoms with Gasteiger partial charge in [0.1, 0.15) is 5.75 Å². The van der Waals surface area contributed by atoms with E-state index in [1.807, 2.05) is 6.92 Å². The van der Waals surface area contributed by atoms with Crippen molar-refractivity contribution in [2.75, 3.05) is 45.0 Å². The normalized spacial score (nSPS) is 10.4. The van der Waals surface area contributed by atoms with Crippen LogP contribution in [-0.4, -0.2) is 57.0 Å². The van der Waals surface area contributed by atoms with Crippen LogP contribution in [0.2, 0.25) is 0 Å². The summed E-state index contributed by atoms with van der Waals surface area (Å²) in [4.78, 5) is 37.8. The van der Waals surface area contributed by atoms with Crippen LogP contribution < -0.4 is 15.4 Å². The molecule has 0 unspecified atom stereocenters. The molecule has 0 atom stereocenters. The van der Waals surface area contributed by atoms with Crippen LogP contribution >= 0.6 is 0 Å². The Balaban J connectivity index is 1.90. The molecule has 2 amide bonds. The predicted molar refractivity (Wildman–Crippen MR) is 110 cm³/mol. The van der Waals surface area contributed by atoms with Crippen molar-refractivity contribution in [3.05, 3.63) is 53.6 Å². The molecule has 0 aliphatic rings. The lowest BCUT2D eigenvalue weighted by atomic mass is 10.1. The number of rotatable bonds is 8. The Bertz CT molecular complexity index is 898. The van der Waals surface area contributed by atoms with E-state index < -0.39 is 5.97 Å². The average molecular weight is 399 g/mol. The Morgan fingerprint density at radius 2 is 1.66 bits per heavy atom. The molecule has 2 aromatic carbocycles. The second-order valence-electron chi connectivity index (χ2n) is 6.52. The molecule has 2 N–H and O–H groups in total. The molecule has 0 saturated heterocycles. The molecule has 0 fully saturated rings. The van der Waals surface area contributed by atoms with Crippen LogP contribution in [0.1, 0.15) is 15.9 Å². The highest BCUT2D eigenvalue weighted by atomic mass is 16.5. The van der Waals surface area contributed by atoms with Gasteiger partial charge in [-0.25, -0.2) is 4.79 Å². The highest BCUT2D eigenvalue weighted by Gasteiger charge is 2.14. The van der Waals surface area contributed by atoms with Crippen molar-refractivity contribution in [3.8, 4) is 5.75 Å². The number of hydrogen-bond donors (Lipinski definition) is 2. The fraction of sp³-hybridized carbons (Fsp3) is 0.286. The van der Waals surface area contributed by atoms with Gasteiger partial charge in [0.2, 0.25) is 11.8 Å². The number of ether oxygens (including phenoxy) is 2. The fourth-order valence-corrected chi connectivity index (χ4v) is 2.64. The molecule has 0 radical (unpaired) electrons. The highest BCUT2D eigenvalue weighted by Crippen LogP contribution is 2.18. The van der Waals surface area contributed by atoms with Gasteiger partial charge in [0.25, 0.3) is 0 Å². The van der Waals surface area contributed by atoms with Crippen LogP contribution in [0.5, 0.6) is 5.75 Å². The Morgan fingerprint density at radius 1 is 0.966 bits per heavy atom. The van der Waals surface area contributed by atoms with E-state index in [-0.39, 0.29) is 24.9 Å². The fourth-order valence-electron chi connectivity index (χ4n) is 2.64. The minimum absolute atomic E-state index is 0.00736. The Hall–Kier alpha value is -3.39. The average Bonchev–Trinajstić information content (AvgIpc) is 2.68. The summed E-state index contributed by atoms with van der Waals surface area (Å²) in [7, 11) is 4.52. The van der Waals surface area contributed by atoms with Gasteiger partial charge in [0.05, 0.1) is 32.9 Å². The number of aryl methyl sites for hydroxylation is 1. The minimum atomic E-state index is -0.480. The van der Waals surface area contributed by atoms with Crippen LogP contribution in [0.15, 0.2) is 42.5 Å². The zero-order valence-electron chi connectivity index (χ0n) is 16.9.